The van der Waals surface area contributed by atoms with Crippen molar-refractivity contribution in [1.82, 2.24) is 0 Å². The standard InChI is InChI=1S/C21H18F2N2O/c22-21(23)26-20-13-11-17(12-14-20)15-24-25(19-9-5-2-6-10-19)16-18-7-3-1-4-8-18/h1-15,21H,16H2/b24-15+. The van der Waals surface area contributed by atoms with Crippen LogP contribution in [0, 0.1) is 0 Å². The van der Waals surface area contributed by atoms with Gasteiger partial charge in [0, 0.05) is 0 Å². The second-order valence-electron chi connectivity index (χ2n) is 5.57. The lowest BCUT2D eigenvalue weighted by Gasteiger charge is -2.19. The number of nitrogens with zero attached hydrogens (tertiary/aromatic N) is 2. The van der Waals surface area contributed by atoms with Gasteiger partial charge in [-0.3, -0.25) is 5.01 Å². The summed E-state index contributed by atoms with van der Waals surface area (Å²) in [5, 5.41) is 6.46. The molecule has 0 spiro atoms. The molecule has 3 nitrogen and oxygen atoms in total. The van der Waals surface area contributed by atoms with Gasteiger partial charge in [0.2, 0.25) is 0 Å². The van der Waals surface area contributed by atoms with Crippen LogP contribution in [0.25, 0.3) is 0 Å². The van der Waals surface area contributed by atoms with E-state index in [0.717, 1.165) is 16.8 Å². The van der Waals surface area contributed by atoms with Gasteiger partial charge in [0.25, 0.3) is 0 Å². The Morgan fingerprint density at radius 2 is 1.46 bits per heavy atom. The van der Waals surface area contributed by atoms with E-state index in [4.69, 9.17) is 0 Å². The van der Waals surface area contributed by atoms with Gasteiger partial charge in [-0.15, -0.1) is 0 Å². The minimum absolute atomic E-state index is 0.126. The number of hydrogen-bond acceptors (Lipinski definition) is 3. The van der Waals surface area contributed by atoms with Crippen LogP contribution < -0.4 is 9.75 Å². The van der Waals surface area contributed by atoms with Crippen LogP contribution in [0.5, 0.6) is 5.75 Å². The number of alkyl halides is 2. The normalized spacial score (nSPS) is 11.0. The first-order valence-corrected chi connectivity index (χ1v) is 8.16. The molecule has 5 heteroatoms. The first-order chi connectivity index (χ1) is 12.7. The topological polar surface area (TPSA) is 24.8 Å². The number of rotatable bonds is 7. The lowest BCUT2D eigenvalue weighted by molar-refractivity contribution is -0.0498. The van der Waals surface area contributed by atoms with Gasteiger partial charge in [0.15, 0.2) is 0 Å². The van der Waals surface area contributed by atoms with Crippen LogP contribution in [0.1, 0.15) is 11.1 Å². The molecule has 26 heavy (non-hydrogen) atoms. The van der Waals surface area contributed by atoms with Crippen LogP contribution in [-0.4, -0.2) is 12.8 Å². The Bertz CT molecular complexity index is 822. The maximum atomic E-state index is 12.2. The van der Waals surface area contributed by atoms with E-state index in [1.807, 2.05) is 65.7 Å². The highest BCUT2D eigenvalue weighted by Gasteiger charge is 2.06. The van der Waals surface area contributed by atoms with Gasteiger partial charge in [-0.25, -0.2) is 0 Å². The average molecular weight is 352 g/mol. The zero-order valence-electron chi connectivity index (χ0n) is 14.0. The molecule has 0 aliphatic rings. The maximum Gasteiger partial charge on any atom is 0.387 e. The summed E-state index contributed by atoms with van der Waals surface area (Å²) in [6, 6.07) is 26.3. The summed E-state index contributed by atoms with van der Waals surface area (Å²) in [4.78, 5) is 0. The smallest absolute Gasteiger partial charge is 0.387 e. The molecule has 3 aromatic rings. The van der Waals surface area contributed by atoms with Gasteiger partial charge in [-0.2, -0.15) is 13.9 Å². The van der Waals surface area contributed by atoms with E-state index in [9.17, 15) is 8.78 Å². The Morgan fingerprint density at radius 1 is 0.846 bits per heavy atom. The molecule has 0 saturated carbocycles. The fourth-order valence-electron chi connectivity index (χ4n) is 2.43. The monoisotopic (exact) mass is 352 g/mol. The predicted molar refractivity (Wildman–Crippen MR) is 99.7 cm³/mol. The fourth-order valence-corrected chi connectivity index (χ4v) is 2.43. The Labute approximate surface area is 151 Å². The number of halogens is 2. The number of hydrogen-bond donors (Lipinski definition) is 0. The number of benzene rings is 3. The van der Waals surface area contributed by atoms with Gasteiger partial charge in [-0.1, -0.05) is 48.5 Å². The Balaban J connectivity index is 1.77. The van der Waals surface area contributed by atoms with E-state index in [0.29, 0.717) is 6.54 Å². The molecule has 0 atom stereocenters. The Kier molecular flexibility index (Phi) is 5.93. The summed E-state index contributed by atoms with van der Waals surface area (Å²) >= 11 is 0. The van der Waals surface area contributed by atoms with Crippen molar-refractivity contribution < 1.29 is 13.5 Å². The van der Waals surface area contributed by atoms with Crippen molar-refractivity contribution in [2.24, 2.45) is 5.10 Å². The van der Waals surface area contributed by atoms with Crippen molar-refractivity contribution in [2.75, 3.05) is 5.01 Å². The van der Waals surface area contributed by atoms with E-state index in [2.05, 4.69) is 9.84 Å². The van der Waals surface area contributed by atoms with Gasteiger partial charge in [0.1, 0.15) is 5.75 Å². The first kappa shape index (κ1) is 17.6. The summed E-state index contributed by atoms with van der Waals surface area (Å²) in [7, 11) is 0. The molecule has 3 aromatic carbocycles. The molecule has 0 heterocycles. The van der Waals surface area contributed by atoms with Crippen LogP contribution in [-0.2, 0) is 6.54 Å². The second-order valence-corrected chi connectivity index (χ2v) is 5.57. The number of anilines is 1. The molecule has 132 valence electrons. The summed E-state index contributed by atoms with van der Waals surface area (Å²) in [5.74, 6) is 0.126. The van der Waals surface area contributed by atoms with Crippen molar-refractivity contribution in [3.63, 3.8) is 0 Å². The summed E-state index contributed by atoms with van der Waals surface area (Å²) in [6.07, 6.45) is 1.70. The molecule has 0 N–H and O–H groups in total. The third kappa shape index (κ3) is 5.14. The van der Waals surface area contributed by atoms with Gasteiger partial charge >= 0.3 is 6.61 Å². The lowest BCUT2D eigenvalue weighted by Crippen LogP contribution is -2.16. The van der Waals surface area contributed by atoms with E-state index >= 15 is 0 Å². The Hall–Kier alpha value is -3.21. The highest BCUT2D eigenvalue weighted by molar-refractivity contribution is 5.80. The zero-order valence-corrected chi connectivity index (χ0v) is 14.0. The summed E-state index contributed by atoms with van der Waals surface area (Å²) < 4.78 is 28.8. The summed E-state index contributed by atoms with van der Waals surface area (Å²) in [5.41, 5.74) is 2.89. The van der Waals surface area contributed by atoms with E-state index in [1.165, 1.54) is 12.1 Å². The molecule has 0 aliphatic heterocycles. The van der Waals surface area contributed by atoms with Crippen molar-refractivity contribution in [3.8, 4) is 5.75 Å². The minimum atomic E-state index is -2.83. The predicted octanol–water partition coefficient (Wildman–Crippen LogP) is 5.33. The van der Waals surface area contributed by atoms with E-state index in [-0.39, 0.29) is 5.75 Å². The highest BCUT2D eigenvalue weighted by atomic mass is 19.3. The quantitative estimate of drug-likeness (QED) is 0.424. The molecule has 0 radical (unpaired) electrons. The SMILES string of the molecule is FC(F)Oc1ccc(/C=N/N(Cc2ccccc2)c2ccccc2)cc1. The second kappa shape index (κ2) is 8.76. The molecule has 3 rings (SSSR count). The van der Waals surface area contributed by atoms with Crippen LogP contribution in [0.2, 0.25) is 0 Å². The molecule has 0 amide bonds. The first-order valence-electron chi connectivity index (χ1n) is 8.16. The molecule has 0 aromatic heterocycles. The molecular weight excluding hydrogens is 334 g/mol. The van der Waals surface area contributed by atoms with Crippen LogP contribution in [0.3, 0.4) is 0 Å². The fraction of sp³-hybridized carbons (Fsp3) is 0.0952. The molecule has 0 saturated heterocycles. The van der Waals surface area contributed by atoms with Crippen molar-refractivity contribution in [1.29, 1.82) is 0 Å². The molecule has 0 unspecified atom stereocenters. The van der Waals surface area contributed by atoms with Gasteiger partial charge in [0.05, 0.1) is 18.4 Å². The molecular formula is C21H18F2N2O. The largest absolute Gasteiger partial charge is 0.435 e. The molecule has 0 bridgehead atoms. The highest BCUT2D eigenvalue weighted by Crippen LogP contribution is 2.18. The van der Waals surface area contributed by atoms with Crippen molar-refractivity contribution >= 4 is 11.9 Å². The van der Waals surface area contributed by atoms with Gasteiger partial charge < -0.3 is 4.74 Å². The number of hydrazone groups is 1. The number of ether oxygens (including phenoxy) is 1. The molecule has 0 fully saturated rings. The number of para-hydroxylation sites is 1. The van der Waals surface area contributed by atoms with Crippen LogP contribution >= 0.6 is 0 Å². The zero-order chi connectivity index (χ0) is 18.2. The van der Waals surface area contributed by atoms with E-state index in [1.54, 1.807) is 18.3 Å². The Morgan fingerprint density at radius 3 is 2.08 bits per heavy atom. The maximum absolute atomic E-state index is 12.2. The third-order valence-electron chi connectivity index (χ3n) is 3.68. The van der Waals surface area contributed by atoms with Crippen molar-refractivity contribution in [3.05, 3.63) is 96.1 Å². The third-order valence-corrected chi connectivity index (χ3v) is 3.68. The summed E-state index contributed by atoms with van der Waals surface area (Å²) in [6.45, 7) is -2.21. The molecule has 0 aliphatic carbocycles. The van der Waals surface area contributed by atoms with Crippen LogP contribution in [0.4, 0.5) is 14.5 Å². The lowest BCUT2D eigenvalue weighted by atomic mass is 10.2. The van der Waals surface area contributed by atoms with E-state index < -0.39 is 6.61 Å². The minimum Gasteiger partial charge on any atom is -0.435 e. The average Bonchev–Trinajstić information content (AvgIpc) is 2.67. The van der Waals surface area contributed by atoms with Crippen LogP contribution in [0.15, 0.2) is 90.0 Å². The van der Waals surface area contributed by atoms with Crippen molar-refractivity contribution in [2.45, 2.75) is 13.2 Å². The van der Waals surface area contributed by atoms with Gasteiger partial charge in [-0.05, 0) is 47.5 Å².